The SMILES string of the molecule is C=CCN(C)C(=O)[C@H]1[C@@H]2SC3(CC2Br)C(C(=O)N(CC=C)C(C)C)N([C@@H](CO)CC(C)C)C(=O)[C@H]13. The molecule has 3 aliphatic rings. The van der Waals surface area contributed by atoms with E-state index in [2.05, 4.69) is 29.1 Å². The summed E-state index contributed by atoms with van der Waals surface area (Å²) in [5.41, 5.74) is 0. The zero-order valence-electron chi connectivity index (χ0n) is 21.5. The molecule has 2 bridgehead atoms. The number of carbonyl (C=O) groups is 3. The third kappa shape index (κ3) is 4.73. The van der Waals surface area contributed by atoms with Crippen molar-refractivity contribution in [3.8, 4) is 0 Å². The van der Waals surface area contributed by atoms with E-state index in [0.29, 0.717) is 25.9 Å². The highest BCUT2D eigenvalue weighted by molar-refractivity contribution is 9.09. The lowest BCUT2D eigenvalue weighted by atomic mass is 9.70. The Labute approximate surface area is 222 Å². The predicted molar refractivity (Wildman–Crippen MR) is 144 cm³/mol. The van der Waals surface area contributed by atoms with E-state index < -0.39 is 28.7 Å². The van der Waals surface area contributed by atoms with Gasteiger partial charge in [0.2, 0.25) is 17.7 Å². The van der Waals surface area contributed by atoms with Crippen molar-refractivity contribution in [1.82, 2.24) is 14.7 Å². The fourth-order valence-electron chi connectivity index (χ4n) is 6.23. The van der Waals surface area contributed by atoms with Crippen molar-refractivity contribution in [2.24, 2.45) is 17.8 Å². The molecular weight excluding hydrogens is 530 g/mol. The van der Waals surface area contributed by atoms with E-state index in [9.17, 15) is 19.5 Å². The molecule has 0 saturated carbocycles. The monoisotopic (exact) mass is 569 g/mol. The second-order valence-electron chi connectivity index (χ2n) is 10.8. The molecule has 0 aromatic heterocycles. The predicted octanol–water partition coefficient (Wildman–Crippen LogP) is 2.93. The van der Waals surface area contributed by atoms with Gasteiger partial charge in [0.15, 0.2) is 0 Å². The maximum Gasteiger partial charge on any atom is 0.247 e. The molecule has 7 atom stereocenters. The summed E-state index contributed by atoms with van der Waals surface area (Å²) < 4.78 is -0.721. The van der Waals surface area contributed by atoms with E-state index in [4.69, 9.17) is 0 Å². The van der Waals surface area contributed by atoms with E-state index in [1.807, 2.05) is 27.7 Å². The van der Waals surface area contributed by atoms with Gasteiger partial charge in [-0.15, -0.1) is 24.9 Å². The Morgan fingerprint density at radius 2 is 1.86 bits per heavy atom. The lowest BCUT2D eigenvalue weighted by Gasteiger charge is -2.41. The van der Waals surface area contributed by atoms with Gasteiger partial charge >= 0.3 is 0 Å². The standard InChI is InChI=1S/C26H40BrN3O4S/c1-8-10-28(7)23(32)19-20-24(33)30(17(14-31)12-15(3)4)22(25(34)29(11-9-2)16(5)6)26(20)13-18(27)21(19)35-26/h8-9,15-22,31H,1-2,10-14H2,3-7H3/t17-,18?,19-,20+,21-,22?,26?/m1/s1. The number of amides is 3. The van der Waals surface area contributed by atoms with Gasteiger partial charge in [0.1, 0.15) is 6.04 Å². The molecule has 35 heavy (non-hydrogen) atoms. The van der Waals surface area contributed by atoms with E-state index in [1.54, 1.807) is 45.7 Å². The van der Waals surface area contributed by atoms with Crippen molar-refractivity contribution in [2.75, 3.05) is 26.7 Å². The van der Waals surface area contributed by atoms with Gasteiger partial charge in [-0.05, 0) is 32.6 Å². The van der Waals surface area contributed by atoms with Crippen LogP contribution in [0.15, 0.2) is 25.3 Å². The number of likely N-dealkylation sites (tertiary alicyclic amines) is 1. The minimum atomic E-state index is -0.740. The maximum absolute atomic E-state index is 14.2. The molecule has 9 heteroatoms. The first-order valence-corrected chi connectivity index (χ1v) is 14.3. The number of thioether (sulfide) groups is 1. The second kappa shape index (κ2) is 11.0. The number of alkyl halides is 1. The minimum Gasteiger partial charge on any atom is -0.394 e. The van der Waals surface area contributed by atoms with Crippen LogP contribution in [0.5, 0.6) is 0 Å². The number of likely N-dealkylation sites (N-methyl/N-ethyl adjacent to an activating group) is 1. The number of carbonyl (C=O) groups excluding carboxylic acids is 3. The largest absolute Gasteiger partial charge is 0.394 e. The number of rotatable bonds is 11. The van der Waals surface area contributed by atoms with Crippen LogP contribution >= 0.6 is 27.7 Å². The van der Waals surface area contributed by atoms with E-state index >= 15 is 0 Å². The van der Waals surface area contributed by atoms with Crippen LogP contribution in [0.4, 0.5) is 0 Å². The number of nitrogens with zero attached hydrogens (tertiary/aromatic N) is 3. The zero-order chi connectivity index (χ0) is 26.2. The Bertz CT molecular complexity index is 868. The van der Waals surface area contributed by atoms with Crippen molar-refractivity contribution < 1.29 is 19.5 Å². The highest BCUT2D eigenvalue weighted by atomic mass is 79.9. The molecule has 0 radical (unpaired) electrons. The second-order valence-corrected chi connectivity index (χ2v) is 13.5. The van der Waals surface area contributed by atoms with Crippen LogP contribution in [0.3, 0.4) is 0 Å². The summed E-state index contributed by atoms with van der Waals surface area (Å²) in [5.74, 6) is -1.29. The lowest BCUT2D eigenvalue weighted by Crippen LogP contribution is -2.59. The van der Waals surface area contributed by atoms with Crippen molar-refractivity contribution >= 4 is 45.4 Å². The first-order chi connectivity index (χ1) is 16.5. The highest BCUT2D eigenvalue weighted by Crippen LogP contribution is 2.68. The van der Waals surface area contributed by atoms with Crippen molar-refractivity contribution in [3.05, 3.63) is 25.3 Å². The highest BCUT2D eigenvalue weighted by Gasteiger charge is 2.76. The first-order valence-electron chi connectivity index (χ1n) is 12.5. The van der Waals surface area contributed by atoms with Gasteiger partial charge in [-0.2, -0.15) is 0 Å². The molecule has 7 nitrogen and oxygen atoms in total. The van der Waals surface area contributed by atoms with Gasteiger partial charge in [0.05, 0.1) is 29.2 Å². The topological polar surface area (TPSA) is 81.2 Å². The smallest absolute Gasteiger partial charge is 0.247 e. The average molecular weight is 571 g/mol. The molecular formula is C26H40BrN3O4S. The number of hydrogen-bond acceptors (Lipinski definition) is 5. The summed E-state index contributed by atoms with van der Waals surface area (Å²) in [6.45, 7) is 16.1. The third-order valence-electron chi connectivity index (χ3n) is 7.61. The van der Waals surface area contributed by atoms with Crippen LogP contribution in [0.1, 0.15) is 40.5 Å². The van der Waals surface area contributed by atoms with Gasteiger partial charge in [-0.3, -0.25) is 14.4 Å². The molecule has 0 aromatic rings. The van der Waals surface area contributed by atoms with Crippen molar-refractivity contribution in [2.45, 2.75) is 73.5 Å². The van der Waals surface area contributed by atoms with Crippen LogP contribution in [-0.4, -0.2) is 97.2 Å². The summed E-state index contributed by atoms with van der Waals surface area (Å²) in [6.07, 6.45) is 4.59. The Kier molecular flexibility index (Phi) is 8.86. The van der Waals surface area contributed by atoms with Crippen LogP contribution in [0.2, 0.25) is 0 Å². The number of aliphatic hydroxyl groups is 1. The van der Waals surface area contributed by atoms with Crippen molar-refractivity contribution in [1.29, 1.82) is 0 Å². The Balaban J connectivity index is 2.15. The summed E-state index contributed by atoms with van der Waals surface area (Å²) in [7, 11) is 1.73. The van der Waals surface area contributed by atoms with Crippen LogP contribution < -0.4 is 0 Å². The van der Waals surface area contributed by atoms with E-state index in [1.165, 1.54) is 0 Å². The van der Waals surface area contributed by atoms with Gasteiger partial charge in [0, 0.05) is 36.3 Å². The van der Waals surface area contributed by atoms with Crippen LogP contribution in [-0.2, 0) is 14.4 Å². The molecule has 1 N–H and O–H groups in total. The zero-order valence-corrected chi connectivity index (χ0v) is 23.9. The molecule has 3 unspecified atom stereocenters. The van der Waals surface area contributed by atoms with Gasteiger partial charge in [0.25, 0.3) is 0 Å². The summed E-state index contributed by atoms with van der Waals surface area (Å²) in [4.78, 5) is 47.1. The molecule has 3 rings (SSSR count). The molecule has 3 saturated heterocycles. The molecule has 196 valence electrons. The Morgan fingerprint density at radius 1 is 1.23 bits per heavy atom. The van der Waals surface area contributed by atoms with Gasteiger partial charge in [-0.1, -0.05) is 41.9 Å². The average Bonchev–Trinajstić information content (AvgIpc) is 3.38. The number of halogens is 1. The fraction of sp³-hybridized carbons (Fsp3) is 0.731. The minimum absolute atomic E-state index is 0.0162. The molecule has 0 aliphatic carbocycles. The van der Waals surface area contributed by atoms with Gasteiger partial charge in [-0.25, -0.2) is 0 Å². The number of hydrogen-bond donors (Lipinski definition) is 1. The maximum atomic E-state index is 14.2. The summed E-state index contributed by atoms with van der Waals surface area (Å²) in [6, 6.07) is -1.30. The summed E-state index contributed by atoms with van der Waals surface area (Å²) >= 11 is 5.43. The molecule has 3 heterocycles. The van der Waals surface area contributed by atoms with Crippen LogP contribution in [0.25, 0.3) is 0 Å². The Morgan fingerprint density at radius 3 is 2.37 bits per heavy atom. The normalized spacial score (nSPS) is 32.2. The van der Waals surface area contributed by atoms with Crippen molar-refractivity contribution in [3.63, 3.8) is 0 Å². The van der Waals surface area contributed by atoms with E-state index in [0.717, 1.165) is 0 Å². The quantitative estimate of drug-likeness (QED) is 0.305. The Hall–Kier alpha value is -1.32. The fourth-order valence-corrected chi connectivity index (χ4v) is 9.82. The molecule has 1 spiro atoms. The summed E-state index contributed by atoms with van der Waals surface area (Å²) in [5, 5.41) is 10.3. The van der Waals surface area contributed by atoms with Crippen LogP contribution in [0, 0.1) is 17.8 Å². The van der Waals surface area contributed by atoms with E-state index in [-0.39, 0.29) is 46.4 Å². The molecule has 3 amide bonds. The molecule has 3 fully saturated rings. The lowest BCUT2D eigenvalue weighted by molar-refractivity contribution is -0.147. The third-order valence-corrected chi connectivity index (χ3v) is 10.8. The number of fused-ring (bicyclic) bond motifs is 1. The number of aliphatic hydroxyl groups excluding tert-OH is 1. The molecule has 0 aromatic carbocycles. The van der Waals surface area contributed by atoms with Gasteiger partial charge < -0.3 is 19.8 Å². The molecule has 3 aliphatic heterocycles. The first kappa shape index (κ1) is 28.3.